The number of hydrogen-bond acceptors (Lipinski definition) is 3. The Morgan fingerprint density at radius 1 is 1.15 bits per heavy atom. The molecule has 0 unspecified atom stereocenters. The van der Waals surface area contributed by atoms with E-state index in [4.69, 9.17) is 0 Å². The van der Waals surface area contributed by atoms with E-state index < -0.39 is 21.7 Å². The van der Waals surface area contributed by atoms with Gasteiger partial charge in [-0.3, -0.25) is 4.79 Å². The minimum absolute atomic E-state index is 0.0700. The number of rotatable bonds is 5. The van der Waals surface area contributed by atoms with Crippen LogP contribution in [0.3, 0.4) is 0 Å². The van der Waals surface area contributed by atoms with Crippen molar-refractivity contribution in [2.45, 2.75) is 4.90 Å². The maximum absolute atomic E-state index is 13.0. The van der Waals surface area contributed by atoms with Gasteiger partial charge in [0.2, 0.25) is 15.9 Å². The fourth-order valence-corrected chi connectivity index (χ4v) is 3.80. The molecule has 2 aromatic carbocycles. The second-order valence-electron chi connectivity index (χ2n) is 5.93. The number of amides is 1. The molecule has 0 aliphatic carbocycles. The van der Waals surface area contributed by atoms with Gasteiger partial charge in [-0.1, -0.05) is 6.07 Å². The van der Waals surface area contributed by atoms with E-state index in [9.17, 15) is 17.6 Å². The number of carbonyl (C=O) groups is 1. The van der Waals surface area contributed by atoms with Crippen LogP contribution < -0.4 is 5.32 Å². The summed E-state index contributed by atoms with van der Waals surface area (Å²) in [7, 11) is -0.673. The molecule has 0 spiro atoms. The van der Waals surface area contributed by atoms with Gasteiger partial charge in [0.05, 0.1) is 17.1 Å². The number of fused-ring (bicyclic) bond motifs is 1. The largest absolute Gasteiger partial charge is 0.350 e. The van der Waals surface area contributed by atoms with Crippen molar-refractivity contribution in [3.8, 4) is 0 Å². The van der Waals surface area contributed by atoms with Crippen LogP contribution >= 0.6 is 0 Å². The number of aromatic nitrogens is 1. The normalized spacial score (nSPS) is 11.8. The molecule has 0 radical (unpaired) electrons. The lowest BCUT2D eigenvalue weighted by Gasteiger charge is -2.17. The Balaban J connectivity index is 1.75. The molecule has 1 heterocycles. The minimum Gasteiger partial charge on any atom is -0.350 e. The first-order valence-electron chi connectivity index (χ1n) is 7.85. The molecule has 3 rings (SSSR count). The van der Waals surface area contributed by atoms with Gasteiger partial charge in [0.25, 0.3) is 0 Å². The fourth-order valence-electron chi connectivity index (χ4n) is 2.67. The van der Waals surface area contributed by atoms with Crippen LogP contribution in [-0.4, -0.2) is 36.8 Å². The molecule has 1 aromatic heterocycles. The molecule has 1 amide bonds. The standard InChI is InChI=1S/C18H18FN3O3S/c1-21-11-10-15-16(4-3-5-17(15)21)20-18(23)12-22(2)26(24,25)14-8-6-13(19)7-9-14/h3-11H,12H2,1-2H3,(H,20,23). The summed E-state index contributed by atoms with van der Waals surface area (Å²) in [5.74, 6) is -0.991. The molecule has 0 aliphatic rings. The first-order valence-corrected chi connectivity index (χ1v) is 9.29. The molecule has 0 saturated carbocycles. The molecule has 26 heavy (non-hydrogen) atoms. The number of benzene rings is 2. The molecular weight excluding hydrogens is 357 g/mol. The van der Waals surface area contributed by atoms with Gasteiger partial charge in [-0.05, 0) is 42.5 Å². The zero-order chi connectivity index (χ0) is 18.9. The Labute approximate surface area is 150 Å². The maximum Gasteiger partial charge on any atom is 0.243 e. The molecule has 6 nitrogen and oxygen atoms in total. The second kappa shape index (κ2) is 6.89. The Hall–Kier alpha value is -2.71. The number of nitrogens with zero attached hydrogens (tertiary/aromatic N) is 2. The van der Waals surface area contributed by atoms with Gasteiger partial charge in [-0.15, -0.1) is 0 Å². The molecule has 1 N–H and O–H groups in total. The monoisotopic (exact) mass is 375 g/mol. The highest BCUT2D eigenvalue weighted by molar-refractivity contribution is 7.89. The van der Waals surface area contributed by atoms with E-state index >= 15 is 0 Å². The molecule has 8 heteroatoms. The average Bonchev–Trinajstić information content (AvgIpc) is 2.97. The predicted octanol–water partition coefficient (Wildman–Crippen LogP) is 2.58. The minimum atomic E-state index is -3.88. The fraction of sp³-hybridized carbons (Fsp3) is 0.167. The number of hydrogen-bond donors (Lipinski definition) is 1. The average molecular weight is 375 g/mol. The van der Waals surface area contributed by atoms with Gasteiger partial charge in [0.15, 0.2) is 0 Å². The smallest absolute Gasteiger partial charge is 0.243 e. The van der Waals surface area contributed by atoms with E-state index in [0.717, 1.165) is 27.3 Å². The SMILES string of the molecule is CN(CC(=O)Nc1cccc2c1ccn2C)S(=O)(=O)c1ccc(F)cc1. The number of sulfonamides is 1. The number of likely N-dealkylation sites (N-methyl/N-ethyl adjacent to an activating group) is 1. The Morgan fingerprint density at radius 3 is 2.54 bits per heavy atom. The predicted molar refractivity (Wildman–Crippen MR) is 97.8 cm³/mol. The molecular formula is C18H18FN3O3S. The summed E-state index contributed by atoms with van der Waals surface area (Å²) in [5, 5.41) is 3.61. The molecule has 0 bridgehead atoms. The molecule has 3 aromatic rings. The summed E-state index contributed by atoms with van der Waals surface area (Å²) < 4.78 is 40.8. The lowest BCUT2D eigenvalue weighted by atomic mass is 10.2. The Bertz CT molecular complexity index is 1060. The van der Waals surface area contributed by atoms with Crippen LogP contribution in [0.1, 0.15) is 0 Å². The van der Waals surface area contributed by atoms with E-state index in [1.807, 2.05) is 36.0 Å². The van der Waals surface area contributed by atoms with Crippen molar-refractivity contribution < 1.29 is 17.6 Å². The van der Waals surface area contributed by atoms with Crippen molar-refractivity contribution in [1.82, 2.24) is 8.87 Å². The van der Waals surface area contributed by atoms with Gasteiger partial charge >= 0.3 is 0 Å². The number of nitrogens with one attached hydrogen (secondary N) is 1. The van der Waals surface area contributed by atoms with E-state index in [1.165, 1.54) is 19.2 Å². The topological polar surface area (TPSA) is 71.4 Å². The lowest BCUT2D eigenvalue weighted by molar-refractivity contribution is -0.116. The van der Waals surface area contributed by atoms with Crippen molar-refractivity contribution in [3.05, 3.63) is 60.5 Å². The summed E-state index contributed by atoms with van der Waals surface area (Å²) >= 11 is 0. The van der Waals surface area contributed by atoms with E-state index in [0.29, 0.717) is 5.69 Å². The van der Waals surface area contributed by atoms with Crippen molar-refractivity contribution in [1.29, 1.82) is 0 Å². The second-order valence-corrected chi connectivity index (χ2v) is 7.97. The number of carbonyl (C=O) groups excluding carboxylic acids is 1. The maximum atomic E-state index is 13.0. The number of aryl methyl sites for hydroxylation is 1. The van der Waals surface area contributed by atoms with Crippen molar-refractivity contribution >= 4 is 32.5 Å². The zero-order valence-electron chi connectivity index (χ0n) is 14.3. The van der Waals surface area contributed by atoms with Crippen LogP contribution in [0.25, 0.3) is 10.9 Å². The number of halogens is 1. The Kier molecular flexibility index (Phi) is 4.80. The van der Waals surface area contributed by atoms with Crippen LogP contribution in [0, 0.1) is 5.82 Å². The molecule has 0 aliphatic heterocycles. The van der Waals surface area contributed by atoms with E-state index in [-0.39, 0.29) is 11.4 Å². The van der Waals surface area contributed by atoms with Crippen LogP contribution in [0.5, 0.6) is 0 Å². The first-order chi connectivity index (χ1) is 12.3. The highest BCUT2D eigenvalue weighted by Crippen LogP contribution is 2.24. The van der Waals surface area contributed by atoms with Crippen LogP contribution in [0.4, 0.5) is 10.1 Å². The van der Waals surface area contributed by atoms with Gasteiger partial charge < -0.3 is 9.88 Å². The molecule has 0 atom stereocenters. The van der Waals surface area contributed by atoms with Gasteiger partial charge in [0.1, 0.15) is 5.82 Å². The van der Waals surface area contributed by atoms with Crippen LogP contribution in [0.2, 0.25) is 0 Å². The third-order valence-electron chi connectivity index (χ3n) is 4.09. The molecule has 0 saturated heterocycles. The number of anilines is 1. The quantitative estimate of drug-likeness (QED) is 0.745. The molecule has 0 fully saturated rings. The summed E-state index contributed by atoms with van der Waals surface area (Å²) in [4.78, 5) is 12.3. The highest BCUT2D eigenvalue weighted by atomic mass is 32.2. The Morgan fingerprint density at radius 2 is 1.85 bits per heavy atom. The van der Waals surface area contributed by atoms with E-state index in [2.05, 4.69) is 5.32 Å². The van der Waals surface area contributed by atoms with Gasteiger partial charge in [-0.2, -0.15) is 4.31 Å². The third kappa shape index (κ3) is 3.47. The van der Waals surface area contributed by atoms with Crippen LogP contribution in [0.15, 0.2) is 59.6 Å². The molecule has 136 valence electrons. The summed E-state index contributed by atoms with van der Waals surface area (Å²) in [5.41, 5.74) is 1.57. The van der Waals surface area contributed by atoms with E-state index in [1.54, 1.807) is 6.07 Å². The van der Waals surface area contributed by atoms with Crippen molar-refractivity contribution in [2.24, 2.45) is 7.05 Å². The first kappa shape index (κ1) is 18.1. The summed E-state index contributed by atoms with van der Waals surface area (Å²) in [6, 6.07) is 11.9. The third-order valence-corrected chi connectivity index (χ3v) is 5.91. The van der Waals surface area contributed by atoms with Gasteiger partial charge in [-0.25, -0.2) is 12.8 Å². The zero-order valence-corrected chi connectivity index (χ0v) is 15.1. The van der Waals surface area contributed by atoms with Gasteiger partial charge in [0, 0.05) is 31.2 Å². The van der Waals surface area contributed by atoms with Crippen LogP contribution in [-0.2, 0) is 21.9 Å². The summed E-state index contributed by atoms with van der Waals surface area (Å²) in [6.45, 7) is -0.358. The lowest BCUT2D eigenvalue weighted by Crippen LogP contribution is -2.35. The van der Waals surface area contributed by atoms with Crippen molar-refractivity contribution in [3.63, 3.8) is 0 Å². The summed E-state index contributed by atoms with van der Waals surface area (Å²) in [6.07, 6.45) is 1.88. The highest BCUT2D eigenvalue weighted by Gasteiger charge is 2.23. The van der Waals surface area contributed by atoms with Crippen molar-refractivity contribution in [2.75, 3.05) is 18.9 Å².